The second-order valence-corrected chi connectivity index (χ2v) is 5.03. The summed E-state index contributed by atoms with van der Waals surface area (Å²) in [5, 5.41) is 13.7. The molecule has 0 amide bonds. The van der Waals surface area contributed by atoms with Crippen LogP contribution in [0.4, 0.5) is 0 Å². The molecule has 3 N–H and O–H groups in total. The number of amidine groups is 1. The summed E-state index contributed by atoms with van der Waals surface area (Å²) < 4.78 is 0. The number of nitrogens with zero attached hydrogens (tertiary/aromatic N) is 3. The molecule has 1 atom stereocenters. The van der Waals surface area contributed by atoms with Crippen molar-refractivity contribution in [3.63, 3.8) is 0 Å². The topological polar surface area (TPSA) is 84.0 Å². The lowest BCUT2D eigenvalue weighted by atomic mass is 10.1. The van der Waals surface area contributed by atoms with Crippen molar-refractivity contribution in [2.45, 2.75) is 25.4 Å². The lowest BCUT2D eigenvalue weighted by Gasteiger charge is -2.27. The van der Waals surface area contributed by atoms with E-state index < -0.39 is 6.10 Å². The SMILES string of the molecule is Cl.N/C(=N\OCC(O)CN1CCCCC1)c1cccnc1. The first-order chi connectivity index (χ1) is 9.75. The van der Waals surface area contributed by atoms with Crippen LogP contribution in [-0.2, 0) is 4.84 Å². The molecule has 1 unspecified atom stereocenters. The van der Waals surface area contributed by atoms with E-state index in [4.69, 9.17) is 10.6 Å². The van der Waals surface area contributed by atoms with E-state index in [1.54, 1.807) is 24.5 Å². The van der Waals surface area contributed by atoms with E-state index in [9.17, 15) is 5.11 Å². The van der Waals surface area contributed by atoms with E-state index in [0.29, 0.717) is 12.1 Å². The number of piperidine rings is 1. The molecular weight excluding hydrogens is 292 g/mol. The Balaban J connectivity index is 0.00000220. The van der Waals surface area contributed by atoms with Gasteiger partial charge in [-0.2, -0.15) is 0 Å². The van der Waals surface area contributed by atoms with E-state index >= 15 is 0 Å². The Morgan fingerprint density at radius 1 is 1.43 bits per heavy atom. The van der Waals surface area contributed by atoms with Crippen LogP contribution in [0.1, 0.15) is 24.8 Å². The minimum Gasteiger partial charge on any atom is -0.391 e. The molecule has 0 radical (unpaired) electrons. The van der Waals surface area contributed by atoms with Gasteiger partial charge in [0.1, 0.15) is 12.7 Å². The summed E-state index contributed by atoms with van der Waals surface area (Å²) in [7, 11) is 0. The van der Waals surface area contributed by atoms with Crippen LogP contribution >= 0.6 is 12.4 Å². The Morgan fingerprint density at radius 2 is 2.19 bits per heavy atom. The zero-order chi connectivity index (χ0) is 14.2. The first kappa shape index (κ1) is 17.7. The quantitative estimate of drug-likeness (QED) is 0.465. The molecule has 1 aliphatic heterocycles. The third-order valence-electron chi connectivity index (χ3n) is 3.30. The average Bonchev–Trinajstić information content (AvgIpc) is 2.49. The van der Waals surface area contributed by atoms with Gasteiger partial charge in [-0.25, -0.2) is 0 Å². The third-order valence-corrected chi connectivity index (χ3v) is 3.30. The molecule has 7 heteroatoms. The summed E-state index contributed by atoms with van der Waals surface area (Å²) in [5.74, 6) is 0.267. The molecule has 0 bridgehead atoms. The molecule has 2 rings (SSSR count). The second-order valence-electron chi connectivity index (χ2n) is 5.03. The number of nitrogens with two attached hydrogens (primary N) is 1. The molecule has 0 spiro atoms. The fraction of sp³-hybridized carbons (Fsp3) is 0.571. The summed E-state index contributed by atoms with van der Waals surface area (Å²) >= 11 is 0. The van der Waals surface area contributed by atoms with Gasteiger partial charge in [-0.1, -0.05) is 11.6 Å². The standard InChI is InChI=1S/C14H22N4O2.ClH/c15-14(12-5-4-6-16-9-12)17-20-11-13(19)10-18-7-2-1-3-8-18;/h4-6,9,13,19H,1-3,7-8,10-11H2,(H2,15,17);1H. The van der Waals surface area contributed by atoms with Gasteiger partial charge in [-0.15, -0.1) is 12.4 Å². The Morgan fingerprint density at radius 3 is 2.86 bits per heavy atom. The molecule has 118 valence electrons. The highest BCUT2D eigenvalue weighted by atomic mass is 35.5. The van der Waals surface area contributed by atoms with Gasteiger partial charge in [-0.3, -0.25) is 4.98 Å². The first-order valence-electron chi connectivity index (χ1n) is 7.02. The molecule has 0 aliphatic carbocycles. The molecule has 1 aliphatic rings. The highest BCUT2D eigenvalue weighted by molar-refractivity contribution is 5.96. The van der Waals surface area contributed by atoms with Gasteiger partial charge in [0.05, 0.1) is 0 Å². The maximum atomic E-state index is 9.90. The van der Waals surface area contributed by atoms with Crippen molar-refractivity contribution in [2.75, 3.05) is 26.2 Å². The fourth-order valence-electron chi connectivity index (χ4n) is 2.25. The number of aliphatic hydroxyl groups is 1. The highest BCUT2D eigenvalue weighted by Crippen LogP contribution is 2.09. The number of aliphatic hydroxyl groups excluding tert-OH is 1. The monoisotopic (exact) mass is 314 g/mol. The van der Waals surface area contributed by atoms with Gasteiger partial charge in [-0.05, 0) is 38.1 Å². The zero-order valence-corrected chi connectivity index (χ0v) is 12.8. The third kappa shape index (κ3) is 6.29. The van der Waals surface area contributed by atoms with Crippen molar-refractivity contribution in [3.8, 4) is 0 Å². The van der Waals surface area contributed by atoms with Crippen molar-refractivity contribution >= 4 is 18.2 Å². The number of pyridine rings is 1. The number of rotatable bonds is 6. The zero-order valence-electron chi connectivity index (χ0n) is 12.0. The maximum Gasteiger partial charge on any atom is 0.171 e. The lowest BCUT2D eigenvalue weighted by Crippen LogP contribution is -2.38. The minimum absolute atomic E-state index is 0. The van der Waals surface area contributed by atoms with Gasteiger partial charge >= 0.3 is 0 Å². The van der Waals surface area contributed by atoms with Crippen molar-refractivity contribution < 1.29 is 9.94 Å². The first-order valence-corrected chi connectivity index (χ1v) is 7.02. The van der Waals surface area contributed by atoms with E-state index in [2.05, 4.69) is 15.0 Å². The van der Waals surface area contributed by atoms with Crippen LogP contribution in [0.15, 0.2) is 29.7 Å². The predicted octanol–water partition coefficient (Wildman–Crippen LogP) is 0.987. The molecule has 1 aromatic rings. The summed E-state index contributed by atoms with van der Waals surface area (Å²) in [4.78, 5) is 11.3. The molecule has 2 heterocycles. The molecular formula is C14H23ClN4O2. The predicted molar refractivity (Wildman–Crippen MR) is 84.5 cm³/mol. The number of halogens is 1. The number of oxime groups is 1. The molecule has 21 heavy (non-hydrogen) atoms. The van der Waals surface area contributed by atoms with E-state index in [0.717, 1.165) is 13.1 Å². The second kappa shape index (κ2) is 9.55. The van der Waals surface area contributed by atoms with E-state index in [1.807, 2.05) is 0 Å². The molecule has 0 saturated carbocycles. The van der Waals surface area contributed by atoms with Gasteiger partial charge < -0.3 is 20.6 Å². The van der Waals surface area contributed by atoms with Crippen molar-refractivity contribution in [1.29, 1.82) is 0 Å². The van der Waals surface area contributed by atoms with E-state index in [-0.39, 0.29) is 24.8 Å². The number of aromatic nitrogens is 1. The van der Waals surface area contributed by atoms with Gasteiger partial charge in [0, 0.05) is 24.5 Å². The van der Waals surface area contributed by atoms with Gasteiger partial charge in [0.25, 0.3) is 0 Å². The van der Waals surface area contributed by atoms with Gasteiger partial charge in [0.2, 0.25) is 0 Å². The normalized spacial score (nSPS) is 17.9. The summed E-state index contributed by atoms with van der Waals surface area (Å²) in [6.07, 6.45) is 6.44. The van der Waals surface area contributed by atoms with Gasteiger partial charge in [0.15, 0.2) is 5.84 Å². The summed E-state index contributed by atoms with van der Waals surface area (Å²) in [6, 6.07) is 3.59. The number of hydrogen-bond acceptors (Lipinski definition) is 5. The summed E-state index contributed by atoms with van der Waals surface area (Å²) in [5.41, 5.74) is 6.46. The average molecular weight is 315 g/mol. The van der Waals surface area contributed by atoms with Crippen LogP contribution < -0.4 is 5.73 Å². The number of hydrogen-bond donors (Lipinski definition) is 2. The molecule has 6 nitrogen and oxygen atoms in total. The van der Waals surface area contributed by atoms with Crippen molar-refractivity contribution in [1.82, 2.24) is 9.88 Å². The Labute approximate surface area is 131 Å². The Kier molecular flexibility index (Phi) is 8.04. The van der Waals surface area contributed by atoms with Crippen LogP contribution in [-0.4, -0.2) is 53.2 Å². The smallest absolute Gasteiger partial charge is 0.171 e. The van der Waals surface area contributed by atoms with Crippen LogP contribution in [0, 0.1) is 0 Å². The van der Waals surface area contributed by atoms with Crippen molar-refractivity contribution in [2.24, 2.45) is 10.9 Å². The van der Waals surface area contributed by atoms with Crippen LogP contribution in [0.3, 0.4) is 0 Å². The van der Waals surface area contributed by atoms with E-state index in [1.165, 1.54) is 19.3 Å². The summed E-state index contributed by atoms with van der Waals surface area (Å²) in [6.45, 7) is 2.89. The number of β-amino-alcohol motifs (C(OH)–C–C–N with tert-alkyl or cyclic N) is 1. The Bertz CT molecular complexity index is 424. The molecule has 1 saturated heterocycles. The molecule has 0 aromatic carbocycles. The molecule has 1 aromatic heterocycles. The van der Waals surface area contributed by atoms with Crippen LogP contribution in [0.2, 0.25) is 0 Å². The van der Waals surface area contributed by atoms with Crippen molar-refractivity contribution in [3.05, 3.63) is 30.1 Å². The number of likely N-dealkylation sites (tertiary alicyclic amines) is 1. The fourth-order valence-corrected chi connectivity index (χ4v) is 2.25. The minimum atomic E-state index is -0.543. The maximum absolute atomic E-state index is 9.90. The lowest BCUT2D eigenvalue weighted by molar-refractivity contribution is 0.0157. The largest absolute Gasteiger partial charge is 0.391 e. The van der Waals surface area contributed by atoms with Crippen LogP contribution in [0.5, 0.6) is 0 Å². The Hall–Kier alpha value is -1.37. The van der Waals surface area contributed by atoms with Crippen LogP contribution in [0.25, 0.3) is 0 Å². The molecule has 1 fully saturated rings. The highest BCUT2D eigenvalue weighted by Gasteiger charge is 2.14.